The molecule has 2 heteroatoms. The fourth-order valence-corrected chi connectivity index (χ4v) is 4.89. The van der Waals surface area contributed by atoms with E-state index in [-0.39, 0.29) is 0 Å². The maximum absolute atomic E-state index is 6.43. The molecule has 0 spiro atoms. The summed E-state index contributed by atoms with van der Waals surface area (Å²) in [5.41, 5.74) is 0.502. The van der Waals surface area contributed by atoms with Crippen LogP contribution >= 0.6 is 11.1 Å². The van der Waals surface area contributed by atoms with Crippen LogP contribution in [0.4, 0.5) is 0 Å². The highest BCUT2D eigenvalue weighted by atomic mass is 35.6. The maximum atomic E-state index is 6.43. The van der Waals surface area contributed by atoms with E-state index in [0.29, 0.717) is 5.41 Å². The fourth-order valence-electron chi connectivity index (χ4n) is 2.09. The minimum absolute atomic E-state index is 0.502. The van der Waals surface area contributed by atoms with Gasteiger partial charge in [0.05, 0.1) is 0 Å². The minimum Gasteiger partial charge on any atom is -0.167 e. The van der Waals surface area contributed by atoms with Crippen LogP contribution in [0.1, 0.15) is 33.6 Å². The second kappa shape index (κ2) is 3.34. The number of hydrogen-bond acceptors (Lipinski definition) is 0. The van der Waals surface area contributed by atoms with Gasteiger partial charge in [0, 0.05) is 0 Å². The Balaban J connectivity index is 2.47. The molecule has 0 aromatic carbocycles. The van der Waals surface area contributed by atoms with Crippen LogP contribution in [0.2, 0.25) is 18.6 Å². The van der Waals surface area contributed by atoms with Crippen LogP contribution in [0.5, 0.6) is 0 Å². The summed E-state index contributed by atoms with van der Waals surface area (Å²) < 4.78 is 0. The van der Waals surface area contributed by atoms with Gasteiger partial charge in [-0.15, -0.1) is 0 Å². The Morgan fingerprint density at radius 3 is 1.92 bits per heavy atom. The van der Waals surface area contributed by atoms with Gasteiger partial charge in [-0.1, -0.05) is 40.2 Å². The van der Waals surface area contributed by atoms with Crippen molar-refractivity contribution >= 4 is 18.5 Å². The maximum Gasteiger partial charge on any atom is 0.153 e. The second-order valence-corrected chi connectivity index (χ2v) is 12.1. The first-order valence-electron chi connectivity index (χ1n) is 5.00. The lowest BCUT2D eigenvalue weighted by Gasteiger charge is -2.38. The van der Waals surface area contributed by atoms with Crippen molar-refractivity contribution in [1.29, 1.82) is 0 Å². The molecule has 0 bridgehead atoms. The SMILES string of the molecule is CC(C)(C)C1CC[Si](C)(Cl)CC1. The summed E-state index contributed by atoms with van der Waals surface area (Å²) in [6.45, 7) is 9.38. The monoisotopic (exact) mass is 204 g/mol. The quantitative estimate of drug-likeness (QED) is 0.409. The van der Waals surface area contributed by atoms with Gasteiger partial charge in [-0.05, 0) is 23.4 Å². The van der Waals surface area contributed by atoms with Gasteiger partial charge in [-0.3, -0.25) is 0 Å². The summed E-state index contributed by atoms with van der Waals surface area (Å²) in [4.78, 5) is 0. The Kier molecular flexibility index (Phi) is 2.95. The van der Waals surface area contributed by atoms with Crippen LogP contribution < -0.4 is 0 Å². The van der Waals surface area contributed by atoms with Crippen molar-refractivity contribution in [3.8, 4) is 0 Å². The van der Waals surface area contributed by atoms with Gasteiger partial charge in [-0.2, -0.15) is 11.1 Å². The molecule has 0 unspecified atom stereocenters. The standard InChI is InChI=1S/C10H21ClSi/c1-10(2,3)9-5-7-12(4,11)8-6-9/h9H,5-8H2,1-4H3. The first kappa shape index (κ1) is 10.6. The van der Waals surface area contributed by atoms with E-state index >= 15 is 0 Å². The molecule has 0 amide bonds. The van der Waals surface area contributed by atoms with Crippen LogP contribution in [0, 0.1) is 11.3 Å². The molecule has 1 aliphatic rings. The summed E-state index contributed by atoms with van der Waals surface area (Å²) in [7, 11) is -1.24. The lowest BCUT2D eigenvalue weighted by atomic mass is 9.77. The van der Waals surface area contributed by atoms with E-state index in [9.17, 15) is 0 Å². The molecule has 0 aliphatic carbocycles. The zero-order chi connectivity index (χ0) is 9.41. The van der Waals surface area contributed by atoms with Gasteiger partial charge in [0.1, 0.15) is 0 Å². The average molecular weight is 205 g/mol. The van der Waals surface area contributed by atoms with E-state index in [1.165, 1.54) is 24.9 Å². The van der Waals surface area contributed by atoms with Crippen LogP contribution in [-0.2, 0) is 0 Å². The zero-order valence-electron chi connectivity index (χ0n) is 8.78. The van der Waals surface area contributed by atoms with E-state index in [1.54, 1.807) is 0 Å². The highest BCUT2D eigenvalue weighted by molar-refractivity contribution is 7.19. The van der Waals surface area contributed by atoms with E-state index in [1.807, 2.05) is 0 Å². The number of halogens is 1. The van der Waals surface area contributed by atoms with Gasteiger partial charge in [0.25, 0.3) is 0 Å². The third kappa shape index (κ3) is 2.77. The lowest BCUT2D eigenvalue weighted by Crippen LogP contribution is -2.33. The van der Waals surface area contributed by atoms with Crippen molar-refractivity contribution in [1.82, 2.24) is 0 Å². The van der Waals surface area contributed by atoms with Gasteiger partial charge < -0.3 is 0 Å². The molecule has 0 N–H and O–H groups in total. The molecule has 0 nitrogen and oxygen atoms in total. The summed E-state index contributed by atoms with van der Waals surface area (Å²) in [6, 6.07) is 2.66. The van der Waals surface area contributed by atoms with Crippen LogP contribution in [0.25, 0.3) is 0 Å². The van der Waals surface area contributed by atoms with Crippen molar-refractivity contribution in [2.24, 2.45) is 11.3 Å². The molecular formula is C10H21ClSi. The second-order valence-electron chi connectivity index (χ2n) is 5.55. The molecule has 12 heavy (non-hydrogen) atoms. The predicted octanol–water partition coefficient (Wildman–Crippen LogP) is 4.26. The van der Waals surface area contributed by atoms with E-state index < -0.39 is 7.38 Å². The Bertz CT molecular complexity index is 148. The molecule has 1 saturated heterocycles. The molecule has 1 heterocycles. The number of hydrogen-bond donors (Lipinski definition) is 0. The smallest absolute Gasteiger partial charge is 0.153 e. The van der Waals surface area contributed by atoms with Crippen LogP contribution in [0.15, 0.2) is 0 Å². The highest BCUT2D eigenvalue weighted by Crippen LogP contribution is 2.42. The van der Waals surface area contributed by atoms with Gasteiger partial charge in [-0.25, -0.2) is 0 Å². The first-order chi connectivity index (χ1) is 5.31. The van der Waals surface area contributed by atoms with Crippen molar-refractivity contribution in [2.75, 3.05) is 0 Å². The van der Waals surface area contributed by atoms with Crippen LogP contribution in [0.3, 0.4) is 0 Å². The third-order valence-corrected chi connectivity index (χ3v) is 7.05. The zero-order valence-corrected chi connectivity index (χ0v) is 10.5. The molecule has 1 rings (SSSR count). The molecule has 0 aromatic rings. The summed E-state index contributed by atoms with van der Waals surface area (Å²) in [5.74, 6) is 0.914. The van der Waals surface area contributed by atoms with Crippen molar-refractivity contribution < 1.29 is 0 Å². The van der Waals surface area contributed by atoms with E-state index in [4.69, 9.17) is 11.1 Å². The van der Waals surface area contributed by atoms with Gasteiger partial charge in [0.2, 0.25) is 0 Å². The number of rotatable bonds is 0. The van der Waals surface area contributed by atoms with Crippen molar-refractivity contribution in [3.05, 3.63) is 0 Å². The van der Waals surface area contributed by atoms with Crippen molar-refractivity contribution in [3.63, 3.8) is 0 Å². The van der Waals surface area contributed by atoms with Gasteiger partial charge in [0.15, 0.2) is 7.38 Å². The average Bonchev–Trinajstić information content (AvgIpc) is 1.83. The Morgan fingerprint density at radius 1 is 1.17 bits per heavy atom. The molecule has 0 saturated carbocycles. The van der Waals surface area contributed by atoms with Gasteiger partial charge >= 0.3 is 0 Å². The van der Waals surface area contributed by atoms with Crippen LogP contribution in [-0.4, -0.2) is 7.38 Å². The molecule has 0 radical (unpaired) electrons. The molecule has 72 valence electrons. The summed E-state index contributed by atoms with van der Waals surface area (Å²) >= 11 is 6.43. The lowest BCUT2D eigenvalue weighted by molar-refractivity contribution is 0.219. The topological polar surface area (TPSA) is 0 Å². The third-order valence-electron chi connectivity index (χ3n) is 3.25. The summed E-state index contributed by atoms with van der Waals surface area (Å²) in [6.07, 6.45) is 2.74. The molecule has 0 atom stereocenters. The first-order valence-corrected chi connectivity index (χ1v) is 8.93. The normalized spacial score (nSPS) is 38.2. The predicted molar refractivity (Wildman–Crippen MR) is 59.3 cm³/mol. The largest absolute Gasteiger partial charge is 0.167 e. The van der Waals surface area contributed by atoms with Crippen molar-refractivity contribution in [2.45, 2.75) is 52.2 Å². The summed E-state index contributed by atoms with van der Waals surface area (Å²) in [5, 5.41) is 0. The molecular weight excluding hydrogens is 184 g/mol. The Morgan fingerprint density at radius 2 is 1.58 bits per heavy atom. The van der Waals surface area contributed by atoms with E-state index in [2.05, 4.69) is 27.3 Å². The minimum atomic E-state index is -1.24. The molecule has 1 fully saturated rings. The van der Waals surface area contributed by atoms with E-state index in [0.717, 1.165) is 5.92 Å². The highest BCUT2D eigenvalue weighted by Gasteiger charge is 2.35. The fraction of sp³-hybridized carbons (Fsp3) is 1.00. The Labute approximate surface area is 82.4 Å². The molecule has 1 aliphatic heterocycles. The Hall–Kier alpha value is 0.507. The molecule has 0 aromatic heterocycles.